The Kier molecular flexibility index (Phi) is 6.08. The Bertz CT molecular complexity index is 694. The number of carbonyl (C=O) groups excluding carboxylic acids is 2. The first-order valence-electron chi connectivity index (χ1n) is 8.93. The van der Waals surface area contributed by atoms with Crippen LogP contribution in [0.4, 0.5) is 5.82 Å². The maximum atomic E-state index is 12.2. The number of nitrogens with zero attached hydrogens (tertiary/aromatic N) is 3. The molecule has 0 bridgehead atoms. The Balaban J connectivity index is 1.51. The van der Waals surface area contributed by atoms with Gasteiger partial charge >= 0.3 is 5.97 Å². The molecule has 2 aliphatic heterocycles. The Morgan fingerprint density at radius 3 is 2.73 bits per heavy atom. The fourth-order valence-electron chi connectivity index (χ4n) is 2.94. The highest BCUT2D eigenvalue weighted by atomic mass is 16.5. The molecule has 2 fully saturated rings. The number of hydrogen-bond donors (Lipinski definition) is 0. The summed E-state index contributed by atoms with van der Waals surface area (Å²) in [4.78, 5) is 32.1. The molecule has 138 valence electrons. The lowest BCUT2D eigenvalue weighted by atomic mass is 10.1. The van der Waals surface area contributed by atoms with Crippen molar-refractivity contribution in [2.24, 2.45) is 5.92 Å². The molecular formula is C19H23N3O4. The van der Waals surface area contributed by atoms with E-state index in [1.807, 2.05) is 6.07 Å². The number of rotatable bonds is 3. The predicted octanol–water partition coefficient (Wildman–Crippen LogP) is 0.947. The number of pyridine rings is 1. The average Bonchev–Trinajstić information content (AvgIpc) is 3.20. The Labute approximate surface area is 153 Å². The first kappa shape index (κ1) is 18.2. The van der Waals surface area contributed by atoms with Gasteiger partial charge in [0.2, 0.25) is 0 Å². The van der Waals surface area contributed by atoms with Crippen molar-refractivity contribution >= 4 is 17.7 Å². The summed E-state index contributed by atoms with van der Waals surface area (Å²) in [5.41, 5.74) is 0.440. The number of piperazine rings is 1. The van der Waals surface area contributed by atoms with Crippen LogP contribution in [0, 0.1) is 17.8 Å². The number of hydrogen-bond acceptors (Lipinski definition) is 6. The number of carbonyl (C=O) groups is 2. The molecule has 7 nitrogen and oxygen atoms in total. The molecule has 7 heteroatoms. The zero-order chi connectivity index (χ0) is 18.4. The van der Waals surface area contributed by atoms with Gasteiger partial charge in [-0.1, -0.05) is 5.92 Å². The van der Waals surface area contributed by atoms with Crippen LogP contribution in [0.1, 0.15) is 23.7 Å². The molecule has 1 aromatic heterocycles. The van der Waals surface area contributed by atoms with Gasteiger partial charge in [-0.2, -0.15) is 0 Å². The highest BCUT2D eigenvalue weighted by Gasteiger charge is 2.21. The highest BCUT2D eigenvalue weighted by Crippen LogP contribution is 2.15. The zero-order valence-corrected chi connectivity index (χ0v) is 14.9. The SMILES string of the molecule is CCOC(=O)c1ccc(N2CCN(C(=O)C#C[C@H]3CCOC3)CC2)nc1. The van der Waals surface area contributed by atoms with E-state index in [4.69, 9.17) is 9.47 Å². The van der Waals surface area contributed by atoms with Gasteiger partial charge < -0.3 is 19.3 Å². The third-order valence-electron chi connectivity index (χ3n) is 4.46. The molecule has 3 heterocycles. The van der Waals surface area contributed by atoms with Crippen LogP contribution in [0.5, 0.6) is 0 Å². The number of aromatic nitrogens is 1. The summed E-state index contributed by atoms with van der Waals surface area (Å²) in [5, 5.41) is 0. The van der Waals surface area contributed by atoms with E-state index in [9.17, 15) is 9.59 Å². The number of amides is 1. The molecule has 3 rings (SSSR count). The molecule has 1 atom stereocenters. The quantitative estimate of drug-likeness (QED) is 0.592. The maximum absolute atomic E-state index is 12.2. The van der Waals surface area contributed by atoms with Crippen molar-refractivity contribution in [2.45, 2.75) is 13.3 Å². The van der Waals surface area contributed by atoms with E-state index in [0.29, 0.717) is 45.0 Å². The molecule has 0 saturated carbocycles. The average molecular weight is 357 g/mol. The standard InChI is InChI=1S/C19H23N3O4/c1-2-26-19(24)16-4-5-17(20-13-16)21-8-10-22(11-9-21)18(23)6-3-15-7-12-25-14-15/h4-5,13,15H,2,7-12,14H2,1H3/t15-/m0/s1. The van der Waals surface area contributed by atoms with Gasteiger partial charge in [0, 0.05) is 44.9 Å². The monoisotopic (exact) mass is 357 g/mol. The molecule has 26 heavy (non-hydrogen) atoms. The Hall–Kier alpha value is -2.59. The molecule has 0 radical (unpaired) electrons. The number of anilines is 1. The molecule has 0 N–H and O–H groups in total. The van der Waals surface area contributed by atoms with E-state index in [-0.39, 0.29) is 17.8 Å². The van der Waals surface area contributed by atoms with Gasteiger partial charge in [0.15, 0.2) is 0 Å². The summed E-state index contributed by atoms with van der Waals surface area (Å²) >= 11 is 0. The van der Waals surface area contributed by atoms with Gasteiger partial charge in [0.05, 0.1) is 18.8 Å². The first-order valence-corrected chi connectivity index (χ1v) is 8.93. The van der Waals surface area contributed by atoms with E-state index in [1.165, 1.54) is 6.20 Å². The molecule has 1 aromatic rings. The number of esters is 1. The van der Waals surface area contributed by atoms with Crippen molar-refractivity contribution in [3.63, 3.8) is 0 Å². The van der Waals surface area contributed by atoms with Gasteiger partial charge in [0.25, 0.3) is 5.91 Å². The molecule has 2 saturated heterocycles. The smallest absolute Gasteiger partial charge is 0.339 e. The van der Waals surface area contributed by atoms with E-state index in [0.717, 1.165) is 18.8 Å². The topological polar surface area (TPSA) is 72.0 Å². The summed E-state index contributed by atoms with van der Waals surface area (Å²) in [6, 6.07) is 3.52. The Morgan fingerprint density at radius 2 is 2.12 bits per heavy atom. The van der Waals surface area contributed by atoms with Crippen LogP contribution in [0.15, 0.2) is 18.3 Å². The van der Waals surface area contributed by atoms with E-state index >= 15 is 0 Å². The van der Waals surface area contributed by atoms with Crippen molar-refractivity contribution in [1.29, 1.82) is 0 Å². The zero-order valence-electron chi connectivity index (χ0n) is 14.9. The largest absolute Gasteiger partial charge is 0.462 e. The second-order valence-electron chi connectivity index (χ2n) is 6.23. The summed E-state index contributed by atoms with van der Waals surface area (Å²) in [5.74, 6) is 6.25. The van der Waals surface area contributed by atoms with E-state index < -0.39 is 0 Å². The van der Waals surface area contributed by atoms with Crippen LogP contribution in [0.2, 0.25) is 0 Å². The minimum Gasteiger partial charge on any atom is -0.462 e. The lowest BCUT2D eigenvalue weighted by Gasteiger charge is -2.34. The van der Waals surface area contributed by atoms with Crippen molar-refractivity contribution in [3.05, 3.63) is 23.9 Å². The first-order chi connectivity index (χ1) is 12.7. The lowest BCUT2D eigenvalue weighted by molar-refractivity contribution is -0.125. The van der Waals surface area contributed by atoms with Gasteiger partial charge in [-0.3, -0.25) is 4.79 Å². The lowest BCUT2D eigenvalue weighted by Crippen LogP contribution is -2.48. The summed E-state index contributed by atoms with van der Waals surface area (Å²) in [6.45, 7) is 6.05. The van der Waals surface area contributed by atoms with Gasteiger partial charge in [0.1, 0.15) is 5.82 Å². The molecular weight excluding hydrogens is 334 g/mol. The van der Waals surface area contributed by atoms with Crippen molar-refractivity contribution in [1.82, 2.24) is 9.88 Å². The number of ether oxygens (including phenoxy) is 2. The summed E-state index contributed by atoms with van der Waals surface area (Å²) < 4.78 is 10.2. The van der Waals surface area contributed by atoms with Gasteiger partial charge in [-0.15, -0.1) is 0 Å². The normalized spacial score (nSPS) is 19.7. The molecule has 1 amide bonds. The van der Waals surface area contributed by atoms with Crippen LogP contribution in [0.25, 0.3) is 0 Å². The fraction of sp³-hybridized carbons (Fsp3) is 0.526. The van der Waals surface area contributed by atoms with Crippen molar-refractivity contribution in [2.75, 3.05) is 50.9 Å². The summed E-state index contributed by atoms with van der Waals surface area (Å²) in [6.07, 6.45) is 2.43. The minimum absolute atomic E-state index is 0.123. The van der Waals surface area contributed by atoms with Gasteiger partial charge in [-0.05, 0) is 31.4 Å². The van der Waals surface area contributed by atoms with Crippen molar-refractivity contribution < 1.29 is 19.1 Å². The third kappa shape index (κ3) is 4.52. The van der Waals surface area contributed by atoms with Crippen LogP contribution in [-0.4, -0.2) is 67.8 Å². The molecule has 0 spiro atoms. The molecule has 2 aliphatic rings. The highest BCUT2D eigenvalue weighted by molar-refractivity contribution is 5.93. The van der Waals surface area contributed by atoms with Crippen LogP contribution >= 0.6 is 0 Å². The maximum Gasteiger partial charge on any atom is 0.339 e. The van der Waals surface area contributed by atoms with Crippen LogP contribution < -0.4 is 4.90 Å². The second-order valence-corrected chi connectivity index (χ2v) is 6.23. The summed E-state index contributed by atoms with van der Waals surface area (Å²) in [7, 11) is 0. The predicted molar refractivity (Wildman–Crippen MR) is 95.7 cm³/mol. The van der Waals surface area contributed by atoms with Crippen LogP contribution in [-0.2, 0) is 14.3 Å². The molecule has 0 unspecified atom stereocenters. The second kappa shape index (κ2) is 8.68. The fourth-order valence-corrected chi connectivity index (χ4v) is 2.94. The van der Waals surface area contributed by atoms with Crippen LogP contribution in [0.3, 0.4) is 0 Å². The van der Waals surface area contributed by atoms with E-state index in [2.05, 4.69) is 21.7 Å². The third-order valence-corrected chi connectivity index (χ3v) is 4.46. The molecule has 0 aliphatic carbocycles. The molecule has 0 aromatic carbocycles. The van der Waals surface area contributed by atoms with E-state index in [1.54, 1.807) is 17.9 Å². The van der Waals surface area contributed by atoms with Gasteiger partial charge in [-0.25, -0.2) is 9.78 Å². The van der Waals surface area contributed by atoms with Crippen molar-refractivity contribution in [3.8, 4) is 11.8 Å². The Morgan fingerprint density at radius 1 is 1.31 bits per heavy atom. The minimum atomic E-state index is -0.367.